The van der Waals surface area contributed by atoms with Crippen LogP contribution in [0, 0.1) is 6.92 Å². The van der Waals surface area contributed by atoms with Crippen molar-refractivity contribution < 1.29 is 19.1 Å². The molecule has 0 aliphatic rings. The molecule has 0 atom stereocenters. The maximum atomic E-state index is 9.83. The SMILES string of the molecule is Cc1nnc(OC(=O)O)o1. The van der Waals surface area contributed by atoms with Gasteiger partial charge in [-0.3, -0.25) is 0 Å². The van der Waals surface area contributed by atoms with Gasteiger partial charge in [0.15, 0.2) is 0 Å². The molecule has 0 fully saturated rings. The highest BCUT2D eigenvalue weighted by Gasteiger charge is 2.06. The number of aryl methyl sites for hydroxylation is 1. The summed E-state index contributed by atoms with van der Waals surface area (Å²) in [7, 11) is 0. The smallest absolute Gasteiger partial charge is 0.449 e. The first-order valence-electron chi connectivity index (χ1n) is 2.39. The topological polar surface area (TPSA) is 85.5 Å². The molecule has 0 aliphatic carbocycles. The summed E-state index contributed by atoms with van der Waals surface area (Å²) in [5.41, 5.74) is 0. The third-order valence-electron chi connectivity index (χ3n) is 0.682. The third kappa shape index (κ3) is 1.44. The van der Waals surface area contributed by atoms with Crippen molar-refractivity contribution in [2.45, 2.75) is 6.92 Å². The van der Waals surface area contributed by atoms with Gasteiger partial charge in [-0.1, -0.05) is 5.10 Å². The summed E-state index contributed by atoms with van der Waals surface area (Å²) in [4.78, 5) is 9.83. The Labute approximate surface area is 55.4 Å². The van der Waals surface area contributed by atoms with E-state index >= 15 is 0 Å². The van der Waals surface area contributed by atoms with Crippen LogP contribution in [-0.2, 0) is 0 Å². The van der Waals surface area contributed by atoms with E-state index in [4.69, 9.17) is 5.11 Å². The van der Waals surface area contributed by atoms with E-state index in [9.17, 15) is 4.79 Å². The Hall–Kier alpha value is -1.59. The fraction of sp³-hybridized carbons (Fsp3) is 0.250. The van der Waals surface area contributed by atoms with Crippen molar-refractivity contribution in [1.29, 1.82) is 0 Å². The molecule has 0 aromatic carbocycles. The highest BCUT2D eigenvalue weighted by atomic mass is 16.7. The van der Waals surface area contributed by atoms with E-state index in [1.54, 1.807) is 0 Å². The maximum Gasteiger partial charge on any atom is 0.514 e. The van der Waals surface area contributed by atoms with Crippen LogP contribution in [0.5, 0.6) is 6.08 Å². The largest absolute Gasteiger partial charge is 0.514 e. The number of hydrogen-bond donors (Lipinski definition) is 1. The van der Waals surface area contributed by atoms with Crippen LogP contribution in [0.1, 0.15) is 5.89 Å². The molecule has 6 heteroatoms. The Balaban J connectivity index is 2.67. The van der Waals surface area contributed by atoms with E-state index in [2.05, 4.69) is 19.4 Å². The molecule has 0 aliphatic heterocycles. The van der Waals surface area contributed by atoms with Gasteiger partial charge < -0.3 is 14.3 Å². The fourth-order valence-corrected chi connectivity index (χ4v) is 0.394. The van der Waals surface area contributed by atoms with Crippen molar-refractivity contribution in [3.63, 3.8) is 0 Å². The van der Waals surface area contributed by atoms with Gasteiger partial charge in [0.1, 0.15) is 0 Å². The van der Waals surface area contributed by atoms with Crippen molar-refractivity contribution in [3.8, 4) is 6.08 Å². The van der Waals surface area contributed by atoms with Gasteiger partial charge in [0.05, 0.1) is 0 Å². The molecular weight excluding hydrogens is 140 g/mol. The van der Waals surface area contributed by atoms with Gasteiger partial charge in [-0.15, -0.1) is 5.10 Å². The molecule has 6 nitrogen and oxygen atoms in total. The van der Waals surface area contributed by atoms with E-state index < -0.39 is 6.16 Å². The second-order valence-corrected chi connectivity index (χ2v) is 1.45. The highest BCUT2D eigenvalue weighted by molar-refractivity contribution is 5.59. The van der Waals surface area contributed by atoms with Crippen molar-refractivity contribution in [2.24, 2.45) is 0 Å². The van der Waals surface area contributed by atoms with Crippen molar-refractivity contribution in [3.05, 3.63) is 5.89 Å². The molecule has 1 N–H and O–H groups in total. The average molecular weight is 144 g/mol. The van der Waals surface area contributed by atoms with E-state index in [1.807, 2.05) is 0 Å². The zero-order valence-corrected chi connectivity index (χ0v) is 5.07. The number of aromatic nitrogens is 2. The van der Waals surface area contributed by atoms with Crippen molar-refractivity contribution in [1.82, 2.24) is 10.2 Å². The van der Waals surface area contributed by atoms with Crippen LogP contribution in [0.4, 0.5) is 4.79 Å². The van der Waals surface area contributed by atoms with Gasteiger partial charge in [-0.25, -0.2) is 4.79 Å². The Bertz CT molecular complexity index is 243. The molecule has 1 aromatic rings. The summed E-state index contributed by atoms with van der Waals surface area (Å²) in [6, 6.07) is 0. The number of nitrogens with zero attached hydrogens (tertiary/aromatic N) is 2. The minimum Gasteiger partial charge on any atom is -0.449 e. The van der Waals surface area contributed by atoms with E-state index in [0.717, 1.165) is 0 Å². The van der Waals surface area contributed by atoms with Gasteiger partial charge in [0, 0.05) is 6.92 Å². The second-order valence-electron chi connectivity index (χ2n) is 1.45. The van der Waals surface area contributed by atoms with Gasteiger partial charge in [-0.2, -0.15) is 0 Å². The number of carbonyl (C=O) groups is 1. The molecule has 10 heavy (non-hydrogen) atoms. The lowest BCUT2D eigenvalue weighted by Crippen LogP contribution is -2.02. The molecule has 0 saturated heterocycles. The Morgan fingerprint density at radius 3 is 2.80 bits per heavy atom. The summed E-state index contributed by atoms with van der Waals surface area (Å²) >= 11 is 0. The minimum atomic E-state index is -1.47. The predicted molar refractivity (Wildman–Crippen MR) is 27.7 cm³/mol. The molecule has 0 spiro atoms. The van der Waals surface area contributed by atoms with Crippen LogP contribution in [0.3, 0.4) is 0 Å². The molecular formula is C4H4N2O4. The standard InChI is InChI=1S/C4H4N2O4/c1-2-5-6-3(9-2)10-4(7)8/h1H3,(H,7,8). The van der Waals surface area contributed by atoms with Gasteiger partial charge in [-0.05, 0) is 0 Å². The first kappa shape index (κ1) is 6.53. The lowest BCUT2D eigenvalue weighted by Gasteiger charge is -1.86. The summed E-state index contributed by atoms with van der Waals surface area (Å²) < 4.78 is 8.58. The van der Waals surface area contributed by atoms with E-state index in [0.29, 0.717) is 0 Å². The fourth-order valence-electron chi connectivity index (χ4n) is 0.394. The highest BCUT2D eigenvalue weighted by Crippen LogP contribution is 2.05. The lowest BCUT2D eigenvalue weighted by molar-refractivity contribution is 0.129. The molecule has 1 heterocycles. The molecule has 0 bridgehead atoms. The number of ether oxygens (including phenoxy) is 1. The summed E-state index contributed by atoms with van der Waals surface area (Å²) in [5, 5.41) is 14.6. The first-order valence-corrected chi connectivity index (χ1v) is 2.39. The lowest BCUT2D eigenvalue weighted by atomic mass is 10.8. The van der Waals surface area contributed by atoms with Crippen molar-refractivity contribution in [2.75, 3.05) is 0 Å². The molecule has 0 saturated carbocycles. The summed E-state index contributed by atoms with van der Waals surface area (Å²) in [6.45, 7) is 1.53. The molecule has 1 aromatic heterocycles. The number of rotatable bonds is 1. The van der Waals surface area contributed by atoms with Crippen LogP contribution >= 0.6 is 0 Å². The van der Waals surface area contributed by atoms with Crippen molar-refractivity contribution >= 4 is 6.16 Å². The molecule has 1 rings (SSSR count). The van der Waals surface area contributed by atoms with Gasteiger partial charge in [0.25, 0.3) is 0 Å². The Morgan fingerprint density at radius 2 is 2.40 bits per heavy atom. The average Bonchev–Trinajstić information content (AvgIpc) is 2.13. The predicted octanol–water partition coefficient (Wildman–Crippen LogP) is 0.435. The quantitative estimate of drug-likeness (QED) is 0.575. The third-order valence-corrected chi connectivity index (χ3v) is 0.682. The Kier molecular flexibility index (Phi) is 1.53. The normalized spacial score (nSPS) is 9.30. The first-order chi connectivity index (χ1) is 4.68. The van der Waals surface area contributed by atoms with Crippen LogP contribution in [0.25, 0.3) is 0 Å². The van der Waals surface area contributed by atoms with Crippen LogP contribution in [0.2, 0.25) is 0 Å². The van der Waals surface area contributed by atoms with E-state index in [-0.39, 0.29) is 12.0 Å². The monoisotopic (exact) mass is 144 g/mol. The zero-order valence-electron chi connectivity index (χ0n) is 5.07. The Morgan fingerprint density at radius 1 is 1.70 bits per heavy atom. The number of hydrogen-bond acceptors (Lipinski definition) is 5. The summed E-state index contributed by atoms with van der Waals surface area (Å²) in [6.07, 6.45) is -1.83. The summed E-state index contributed by atoms with van der Waals surface area (Å²) in [5.74, 6) is 0.260. The number of carboxylic acid groups (broad SMARTS) is 1. The maximum absolute atomic E-state index is 9.83. The van der Waals surface area contributed by atoms with Gasteiger partial charge >= 0.3 is 12.2 Å². The molecule has 0 unspecified atom stereocenters. The molecule has 54 valence electrons. The second kappa shape index (κ2) is 2.34. The van der Waals surface area contributed by atoms with Crippen LogP contribution in [-0.4, -0.2) is 21.5 Å². The van der Waals surface area contributed by atoms with E-state index in [1.165, 1.54) is 6.92 Å². The van der Waals surface area contributed by atoms with Crippen LogP contribution in [0.15, 0.2) is 4.42 Å². The minimum absolute atomic E-state index is 0.260. The molecule has 0 radical (unpaired) electrons. The molecule has 0 amide bonds. The zero-order chi connectivity index (χ0) is 7.56. The van der Waals surface area contributed by atoms with Gasteiger partial charge in [0.2, 0.25) is 5.89 Å². The van der Waals surface area contributed by atoms with Crippen LogP contribution < -0.4 is 4.74 Å².